The smallest absolute Gasteiger partial charge is 0.222 e. The van der Waals surface area contributed by atoms with Crippen LogP contribution in [0.5, 0.6) is 0 Å². The molecule has 2 fully saturated rings. The van der Waals surface area contributed by atoms with Crippen molar-refractivity contribution >= 4 is 5.91 Å². The quantitative estimate of drug-likeness (QED) is 0.715. The van der Waals surface area contributed by atoms with E-state index >= 15 is 0 Å². The molecule has 0 bridgehead atoms. The Morgan fingerprint density at radius 2 is 2.12 bits per heavy atom. The van der Waals surface area contributed by atoms with E-state index in [-0.39, 0.29) is 0 Å². The van der Waals surface area contributed by atoms with Gasteiger partial charge in [-0.1, -0.05) is 6.08 Å². The van der Waals surface area contributed by atoms with E-state index in [1.807, 2.05) is 11.0 Å². The van der Waals surface area contributed by atoms with Crippen LogP contribution in [0.25, 0.3) is 0 Å². The minimum atomic E-state index is 0.344. The number of nitrogens with one attached hydrogen (secondary N) is 1. The molecule has 1 N–H and O–H groups in total. The predicted octanol–water partition coefficient (Wildman–Crippen LogP) is 0.316. The van der Waals surface area contributed by atoms with E-state index in [4.69, 9.17) is 0 Å². The van der Waals surface area contributed by atoms with Crippen LogP contribution in [0.15, 0.2) is 12.7 Å². The first-order chi connectivity index (χ1) is 8.29. The average Bonchev–Trinajstić information content (AvgIpc) is 2.83. The Labute approximate surface area is 104 Å². The minimum absolute atomic E-state index is 0.344. The molecule has 1 atom stereocenters. The van der Waals surface area contributed by atoms with Gasteiger partial charge in [-0.2, -0.15) is 0 Å². The van der Waals surface area contributed by atoms with Gasteiger partial charge in [0.2, 0.25) is 5.91 Å². The fraction of sp³-hybridized carbons (Fsp3) is 0.769. The van der Waals surface area contributed by atoms with E-state index in [2.05, 4.69) is 16.8 Å². The Morgan fingerprint density at radius 3 is 2.71 bits per heavy atom. The monoisotopic (exact) mass is 237 g/mol. The summed E-state index contributed by atoms with van der Waals surface area (Å²) in [5, 5.41) is 3.31. The number of carbonyl (C=O) groups is 1. The summed E-state index contributed by atoms with van der Waals surface area (Å²) in [6, 6.07) is 0. The van der Waals surface area contributed by atoms with Gasteiger partial charge in [-0.3, -0.25) is 9.69 Å². The van der Waals surface area contributed by atoms with Crippen LogP contribution < -0.4 is 5.32 Å². The van der Waals surface area contributed by atoms with Gasteiger partial charge in [0.25, 0.3) is 0 Å². The molecule has 0 aromatic carbocycles. The summed E-state index contributed by atoms with van der Waals surface area (Å²) in [5.41, 5.74) is 0. The highest BCUT2D eigenvalue weighted by Gasteiger charge is 2.24. The van der Waals surface area contributed by atoms with Crippen molar-refractivity contribution in [2.24, 2.45) is 5.92 Å². The Kier molecular flexibility index (Phi) is 4.57. The van der Waals surface area contributed by atoms with Gasteiger partial charge in [0, 0.05) is 39.1 Å². The van der Waals surface area contributed by atoms with Crippen LogP contribution >= 0.6 is 0 Å². The SMILES string of the molecule is C=CCN1CCN(C(=O)CC2CCNC2)CC1. The van der Waals surface area contributed by atoms with E-state index in [1.165, 1.54) is 0 Å². The van der Waals surface area contributed by atoms with Crippen LogP contribution in [0.3, 0.4) is 0 Å². The summed E-state index contributed by atoms with van der Waals surface area (Å²) in [4.78, 5) is 16.4. The number of amides is 1. The van der Waals surface area contributed by atoms with Crippen molar-refractivity contribution in [1.82, 2.24) is 15.1 Å². The summed E-state index contributed by atoms with van der Waals surface area (Å²) in [5.74, 6) is 0.908. The highest BCUT2D eigenvalue weighted by atomic mass is 16.2. The second kappa shape index (κ2) is 6.17. The van der Waals surface area contributed by atoms with Gasteiger partial charge in [0.05, 0.1) is 0 Å². The maximum Gasteiger partial charge on any atom is 0.222 e. The van der Waals surface area contributed by atoms with Gasteiger partial charge >= 0.3 is 0 Å². The highest BCUT2D eigenvalue weighted by Crippen LogP contribution is 2.14. The summed E-state index contributed by atoms with van der Waals surface area (Å²) in [6.07, 6.45) is 3.82. The van der Waals surface area contributed by atoms with Crippen molar-refractivity contribution in [3.8, 4) is 0 Å². The van der Waals surface area contributed by atoms with Gasteiger partial charge in [0.15, 0.2) is 0 Å². The van der Waals surface area contributed by atoms with Gasteiger partial charge in [-0.15, -0.1) is 6.58 Å². The second-order valence-electron chi connectivity index (χ2n) is 5.03. The topological polar surface area (TPSA) is 35.6 Å². The first-order valence-corrected chi connectivity index (χ1v) is 6.61. The molecule has 17 heavy (non-hydrogen) atoms. The minimum Gasteiger partial charge on any atom is -0.340 e. The lowest BCUT2D eigenvalue weighted by atomic mass is 10.0. The van der Waals surface area contributed by atoms with E-state index in [0.717, 1.165) is 58.7 Å². The lowest BCUT2D eigenvalue weighted by Gasteiger charge is -2.34. The fourth-order valence-corrected chi connectivity index (χ4v) is 2.63. The number of hydrogen-bond acceptors (Lipinski definition) is 3. The molecule has 0 saturated carbocycles. The normalized spacial score (nSPS) is 26.1. The maximum absolute atomic E-state index is 12.1. The Balaban J connectivity index is 1.71. The van der Waals surface area contributed by atoms with Crippen molar-refractivity contribution in [3.63, 3.8) is 0 Å². The molecule has 2 rings (SSSR count). The van der Waals surface area contributed by atoms with Crippen LogP contribution in [0.2, 0.25) is 0 Å². The van der Waals surface area contributed by atoms with Crippen molar-refractivity contribution in [1.29, 1.82) is 0 Å². The van der Waals surface area contributed by atoms with Crippen molar-refractivity contribution in [2.45, 2.75) is 12.8 Å². The summed E-state index contributed by atoms with van der Waals surface area (Å²) >= 11 is 0. The molecule has 0 radical (unpaired) electrons. The van der Waals surface area contributed by atoms with Crippen LogP contribution in [-0.2, 0) is 4.79 Å². The van der Waals surface area contributed by atoms with E-state index in [9.17, 15) is 4.79 Å². The number of carbonyl (C=O) groups excluding carboxylic acids is 1. The molecule has 2 heterocycles. The molecule has 4 nitrogen and oxygen atoms in total. The van der Waals surface area contributed by atoms with Crippen molar-refractivity contribution in [3.05, 3.63) is 12.7 Å². The summed E-state index contributed by atoms with van der Waals surface area (Å²) in [7, 11) is 0. The summed E-state index contributed by atoms with van der Waals surface area (Å²) < 4.78 is 0. The van der Waals surface area contributed by atoms with Crippen LogP contribution in [0.4, 0.5) is 0 Å². The maximum atomic E-state index is 12.1. The first-order valence-electron chi connectivity index (χ1n) is 6.61. The molecular formula is C13H23N3O. The third kappa shape index (κ3) is 3.54. The Morgan fingerprint density at radius 1 is 1.35 bits per heavy atom. The van der Waals surface area contributed by atoms with E-state index in [1.54, 1.807) is 0 Å². The molecule has 2 aliphatic rings. The standard InChI is InChI=1S/C13H23N3O/c1-2-5-15-6-8-16(9-7-15)13(17)10-12-3-4-14-11-12/h2,12,14H,1,3-11H2. The van der Waals surface area contributed by atoms with E-state index < -0.39 is 0 Å². The Hall–Kier alpha value is -0.870. The number of hydrogen-bond donors (Lipinski definition) is 1. The van der Waals surface area contributed by atoms with Gasteiger partial charge in [-0.05, 0) is 25.4 Å². The van der Waals surface area contributed by atoms with Gasteiger partial charge < -0.3 is 10.2 Å². The molecule has 96 valence electrons. The zero-order valence-corrected chi connectivity index (χ0v) is 10.5. The van der Waals surface area contributed by atoms with E-state index in [0.29, 0.717) is 11.8 Å². The lowest BCUT2D eigenvalue weighted by molar-refractivity contribution is -0.133. The zero-order chi connectivity index (χ0) is 12.1. The molecule has 4 heteroatoms. The highest BCUT2D eigenvalue weighted by molar-refractivity contribution is 5.76. The van der Waals surface area contributed by atoms with Crippen LogP contribution in [0.1, 0.15) is 12.8 Å². The Bertz CT molecular complexity index is 266. The van der Waals surface area contributed by atoms with Gasteiger partial charge in [-0.25, -0.2) is 0 Å². The predicted molar refractivity (Wildman–Crippen MR) is 68.8 cm³/mol. The molecule has 1 amide bonds. The molecule has 1 unspecified atom stereocenters. The third-order valence-electron chi connectivity index (χ3n) is 3.74. The number of piperazine rings is 1. The first kappa shape index (κ1) is 12.6. The van der Waals surface area contributed by atoms with Crippen LogP contribution in [0, 0.1) is 5.92 Å². The molecule has 2 saturated heterocycles. The third-order valence-corrected chi connectivity index (χ3v) is 3.74. The molecule has 0 spiro atoms. The fourth-order valence-electron chi connectivity index (χ4n) is 2.63. The second-order valence-corrected chi connectivity index (χ2v) is 5.03. The molecule has 0 aliphatic carbocycles. The number of rotatable bonds is 4. The zero-order valence-electron chi connectivity index (χ0n) is 10.5. The molecule has 0 aromatic heterocycles. The van der Waals surface area contributed by atoms with Crippen molar-refractivity contribution in [2.75, 3.05) is 45.8 Å². The largest absolute Gasteiger partial charge is 0.340 e. The summed E-state index contributed by atoms with van der Waals surface area (Å²) in [6.45, 7) is 10.5. The molecule has 0 aromatic rings. The van der Waals surface area contributed by atoms with Crippen LogP contribution in [-0.4, -0.2) is 61.5 Å². The molecular weight excluding hydrogens is 214 g/mol. The average molecular weight is 237 g/mol. The molecule has 2 aliphatic heterocycles. The van der Waals surface area contributed by atoms with Gasteiger partial charge in [0.1, 0.15) is 0 Å². The van der Waals surface area contributed by atoms with Crippen molar-refractivity contribution < 1.29 is 4.79 Å². The number of nitrogens with zero attached hydrogens (tertiary/aromatic N) is 2. The lowest BCUT2D eigenvalue weighted by Crippen LogP contribution is -2.48.